The fourth-order valence-corrected chi connectivity index (χ4v) is 2.32. The molecule has 0 spiro atoms. The third-order valence-corrected chi connectivity index (χ3v) is 3.69. The summed E-state index contributed by atoms with van der Waals surface area (Å²) in [5.41, 5.74) is 0. The van der Waals surface area contributed by atoms with Crippen LogP contribution >= 0.6 is 0 Å². The maximum Gasteiger partial charge on any atom is 0.305 e. The van der Waals surface area contributed by atoms with Gasteiger partial charge < -0.3 is 10.1 Å². The van der Waals surface area contributed by atoms with Crippen molar-refractivity contribution < 1.29 is 9.53 Å². The van der Waals surface area contributed by atoms with E-state index in [1.807, 2.05) is 7.05 Å². The lowest BCUT2D eigenvalue weighted by atomic mass is 10.1. The largest absolute Gasteiger partial charge is 0.469 e. The van der Waals surface area contributed by atoms with Gasteiger partial charge in [-0.15, -0.1) is 0 Å². The fraction of sp³-hybridized carbons (Fsp3) is 0.833. The van der Waals surface area contributed by atoms with E-state index in [-0.39, 0.29) is 5.97 Å². The van der Waals surface area contributed by atoms with Crippen LogP contribution < -0.4 is 5.32 Å². The van der Waals surface area contributed by atoms with Crippen molar-refractivity contribution in [2.24, 2.45) is 0 Å². The molecule has 0 aliphatic heterocycles. The summed E-state index contributed by atoms with van der Waals surface area (Å²) in [4.78, 5) is 10.9. The number of ether oxygens (including phenoxy) is 1. The van der Waals surface area contributed by atoms with E-state index in [1.54, 1.807) is 0 Å². The standard InChI is InChI=1S/C18H35NO2/c1-19-17-15-13-11-9-7-5-3-4-6-8-10-12-14-16-18(20)21-2/h7,9,19H,3-6,8,10-17H2,1-2H3. The summed E-state index contributed by atoms with van der Waals surface area (Å²) in [5.74, 6) is -0.0762. The summed E-state index contributed by atoms with van der Waals surface area (Å²) in [5, 5.41) is 3.17. The Morgan fingerprint density at radius 1 is 0.857 bits per heavy atom. The van der Waals surface area contributed by atoms with E-state index in [4.69, 9.17) is 0 Å². The minimum absolute atomic E-state index is 0.0762. The van der Waals surface area contributed by atoms with Crippen LogP contribution in [0.3, 0.4) is 0 Å². The molecule has 21 heavy (non-hydrogen) atoms. The van der Waals surface area contributed by atoms with Crippen molar-refractivity contribution in [2.45, 2.75) is 77.0 Å². The predicted octanol–water partition coefficient (Wildman–Crippen LogP) is 4.62. The maximum atomic E-state index is 10.9. The second-order valence-electron chi connectivity index (χ2n) is 5.66. The topological polar surface area (TPSA) is 38.3 Å². The highest BCUT2D eigenvalue weighted by atomic mass is 16.5. The third-order valence-electron chi connectivity index (χ3n) is 3.69. The van der Waals surface area contributed by atoms with Crippen molar-refractivity contribution in [1.29, 1.82) is 0 Å². The molecule has 0 rings (SSSR count). The Labute approximate surface area is 131 Å². The van der Waals surface area contributed by atoms with E-state index < -0.39 is 0 Å². The summed E-state index contributed by atoms with van der Waals surface area (Å²) >= 11 is 0. The monoisotopic (exact) mass is 297 g/mol. The van der Waals surface area contributed by atoms with Crippen LogP contribution in [0, 0.1) is 0 Å². The van der Waals surface area contributed by atoms with Crippen LogP contribution in [0.25, 0.3) is 0 Å². The van der Waals surface area contributed by atoms with Crippen molar-refractivity contribution in [3.63, 3.8) is 0 Å². The van der Waals surface area contributed by atoms with Crippen LogP contribution in [-0.2, 0) is 9.53 Å². The van der Waals surface area contributed by atoms with Crippen molar-refractivity contribution in [3.8, 4) is 0 Å². The van der Waals surface area contributed by atoms with Gasteiger partial charge in [0.1, 0.15) is 0 Å². The Morgan fingerprint density at radius 2 is 1.38 bits per heavy atom. The zero-order valence-corrected chi connectivity index (χ0v) is 14.2. The molecule has 0 bridgehead atoms. The quantitative estimate of drug-likeness (QED) is 0.272. The van der Waals surface area contributed by atoms with Gasteiger partial charge in [0.25, 0.3) is 0 Å². The molecule has 0 unspecified atom stereocenters. The highest BCUT2D eigenvalue weighted by Gasteiger charge is 1.98. The molecular formula is C18H35NO2. The molecular weight excluding hydrogens is 262 g/mol. The minimum Gasteiger partial charge on any atom is -0.469 e. The highest BCUT2D eigenvalue weighted by Crippen LogP contribution is 2.10. The highest BCUT2D eigenvalue weighted by molar-refractivity contribution is 5.68. The number of carbonyl (C=O) groups is 1. The van der Waals surface area contributed by atoms with Gasteiger partial charge in [-0.25, -0.2) is 0 Å². The van der Waals surface area contributed by atoms with Crippen LogP contribution in [0.4, 0.5) is 0 Å². The van der Waals surface area contributed by atoms with Crippen LogP contribution in [-0.4, -0.2) is 26.7 Å². The zero-order valence-electron chi connectivity index (χ0n) is 14.2. The second-order valence-corrected chi connectivity index (χ2v) is 5.66. The molecule has 1 N–H and O–H groups in total. The fourth-order valence-electron chi connectivity index (χ4n) is 2.32. The number of nitrogens with one attached hydrogen (secondary N) is 1. The lowest BCUT2D eigenvalue weighted by Crippen LogP contribution is -2.06. The van der Waals surface area contributed by atoms with Crippen LogP contribution in [0.1, 0.15) is 77.0 Å². The van der Waals surface area contributed by atoms with Gasteiger partial charge in [0.15, 0.2) is 0 Å². The summed E-state index contributed by atoms with van der Waals surface area (Å²) in [6.45, 7) is 1.13. The molecule has 0 aliphatic carbocycles. The number of rotatable bonds is 15. The average Bonchev–Trinajstić information content (AvgIpc) is 2.50. The molecule has 0 saturated heterocycles. The van der Waals surface area contributed by atoms with E-state index in [9.17, 15) is 4.79 Å². The second kappa shape index (κ2) is 17.2. The Morgan fingerprint density at radius 3 is 1.95 bits per heavy atom. The van der Waals surface area contributed by atoms with Gasteiger partial charge in [0.2, 0.25) is 0 Å². The van der Waals surface area contributed by atoms with Gasteiger partial charge in [-0.1, -0.05) is 44.3 Å². The van der Waals surface area contributed by atoms with E-state index in [0.717, 1.165) is 19.4 Å². The van der Waals surface area contributed by atoms with Gasteiger partial charge in [-0.05, 0) is 52.1 Å². The molecule has 0 atom stereocenters. The molecule has 0 amide bonds. The molecule has 0 fully saturated rings. The number of allylic oxidation sites excluding steroid dienone is 2. The number of unbranched alkanes of at least 4 members (excludes halogenated alkanes) is 9. The van der Waals surface area contributed by atoms with Gasteiger partial charge in [0, 0.05) is 6.42 Å². The molecule has 0 radical (unpaired) electrons. The number of hydrogen-bond donors (Lipinski definition) is 1. The van der Waals surface area contributed by atoms with Crippen LogP contribution in [0.2, 0.25) is 0 Å². The number of esters is 1. The molecule has 0 aliphatic rings. The molecule has 0 saturated carbocycles. The third kappa shape index (κ3) is 17.1. The van der Waals surface area contributed by atoms with E-state index in [2.05, 4.69) is 22.2 Å². The maximum absolute atomic E-state index is 10.9. The zero-order chi connectivity index (χ0) is 15.6. The van der Waals surface area contributed by atoms with Gasteiger partial charge in [-0.2, -0.15) is 0 Å². The van der Waals surface area contributed by atoms with Gasteiger partial charge in [-0.3, -0.25) is 4.79 Å². The molecule has 0 aromatic rings. The number of hydrogen-bond acceptors (Lipinski definition) is 3. The van der Waals surface area contributed by atoms with E-state index in [0.29, 0.717) is 6.42 Å². The molecule has 3 heteroatoms. The van der Waals surface area contributed by atoms with Crippen LogP contribution in [0.5, 0.6) is 0 Å². The molecule has 0 heterocycles. The van der Waals surface area contributed by atoms with Crippen molar-refractivity contribution in [3.05, 3.63) is 12.2 Å². The smallest absolute Gasteiger partial charge is 0.305 e. The lowest BCUT2D eigenvalue weighted by Gasteiger charge is -2.01. The van der Waals surface area contributed by atoms with Crippen molar-refractivity contribution in [2.75, 3.05) is 20.7 Å². The molecule has 3 nitrogen and oxygen atoms in total. The number of methoxy groups -OCH3 is 1. The lowest BCUT2D eigenvalue weighted by molar-refractivity contribution is -0.140. The van der Waals surface area contributed by atoms with Crippen LogP contribution in [0.15, 0.2) is 12.2 Å². The molecule has 0 aromatic heterocycles. The normalized spacial score (nSPS) is 11.1. The first kappa shape index (κ1) is 20.2. The predicted molar refractivity (Wildman–Crippen MR) is 90.5 cm³/mol. The molecule has 124 valence electrons. The SMILES string of the molecule is CNCCCCC=CCCCCCCCCCC(=O)OC. The van der Waals surface area contributed by atoms with Gasteiger partial charge >= 0.3 is 5.97 Å². The van der Waals surface area contributed by atoms with E-state index >= 15 is 0 Å². The summed E-state index contributed by atoms with van der Waals surface area (Å²) in [6, 6.07) is 0. The first-order chi connectivity index (χ1) is 10.3. The average molecular weight is 297 g/mol. The Balaban J connectivity index is 3.08. The Bertz CT molecular complexity index is 252. The van der Waals surface area contributed by atoms with E-state index in [1.165, 1.54) is 64.9 Å². The van der Waals surface area contributed by atoms with Gasteiger partial charge in [0.05, 0.1) is 7.11 Å². The van der Waals surface area contributed by atoms with Crippen molar-refractivity contribution >= 4 is 5.97 Å². The summed E-state index contributed by atoms with van der Waals surface area (Å²) in [6.07, 6.45) is 18.9. The first-order valence-corrected chi connectivity index (χ1v) is 8.67. The minimum atomic E-state index is -0.0762. The number of carbonyl (C=O) groups excluding carboxylic acids is 1. The Kier molecular flexibility index (Phi) is 16.5. The summed E-state index contributed by atoms with van der Waals surface area (Å²) < 4.78 is 4.62. The Hall–Kier alpha value is -0.830. The first-order valence-electron chi connectivity index (χ1n) is 8.67. The molecule has 0 aromatic carbocycles. The summed E-state index contributed by atoms with van der Waals surface area (Å²) in [7, 11) is 3.47. The van der Waals surface area contributed by atoms with Crippen molar-refractivity contribution in [1.82, 2.24) is 5.32 Å².